The number of rotatable bonds is 8. The molecule has 1 rings (SSSR count). The number of hydrogen-bond acceptors (Lipinski definition) is 7. The topological polar surface area (TPSA) is 134 Å². The van der Waals surface area contributed by atoms with Crippen LogP contribution >= 0.6 is 0 Å². The Morgan fingerprint density at radius 3 is 2.53 bits per heavy atom. The summed E-state index contributed by atoms with van der Waals surface area (Å²) in [6.07, 6.45) is 0. The molecule has 0 unspecified atom stereocenters. The summed E-state index contributed by atoms with van der Waals surface area (Å²) in [5.41, 5.74) is 4.78. The third-order valence-electron chi connectivity index (χ3n) is 2.21. The number of ether oxygens (including phenoxy) is 1. The third kappa shape index (κ3) is 4.48. The van der Waals surface area contributed by atoms with Crippen molar-refractivity contribution in [3.05, 3.63) is 38.4 Å². The number of nitrogens with two attached hydrogens (primary N) is 1. The van der Waals surface area contributed by atoms with Gasteiger partial charge in [0.1, 0.15) is 5.69 Å². The van der Waals surface area contributed by atoms with Crippen LogP contribution in [0.4, 0.5) is 17.1 Å². The summed E-state index contributed by atoms with van der Waals surface area (Å²) in [5.74, 6) is 0. The number of nitro benzene ring substituents is 2. The highest BCUT2D eigenvalue weighted by atomic mass is 16.6. The van der Waals surface area contributed by atoms with Crippen LogP contribution in [0.5, 0.6) is 0 Å². The SMILES string of the molecule is NCCOCCNc1ccc([N+](=O)[O-])cc1[N+](=O)[O-]. The predicted octanol–water partition coefficient (Wildman–Crippen LogP) is 0.890. The van der Waals surface area contributed by atoms with Gasteiger partial charge in [0.05, 0.1) is 29.1 Å². The number of anilines is 1. The van der Waals surface area contributed by atoms with Gasteiger partial charge < -0.3 is 15.8 Å². The first-order valence-electron chi connectivity index (χ1n) is 5.50. The van der Waals surface area contributed by atoms with E-state index in [2.05, 4.69) is 5.32 Å². The summed E-state index contributed by atoms with van der Waals surface area (Å²) in [7, 11) is 0. The fraction of sp³-hybridized carbons (Fsp3) is 0.400. The summed E-state index contributed by atoms with van der Waals surface area (Å²) in [4.78, 5) is 20.0. The first kappa shape index (κ1) is 14.8. The molecule has 19 heavy (non-hydrogen) atoms. The van der Waals surface area contributed by atoms with Crippen molar-refractivity contribution in [1.82, 2.24) is 0 Å². The lowest BCUT2D eigenvalue weighted by atomic mass is 10.2. The minimum Gasteiger partial charge on any atom is -0.378 e. The lowest BCUT2D eigenvalue weighted by Crippen LogP contribution is -2.15. The van der Waals surface area contributed by atoms with Gasteiger partial charge in [0, 0.05) is 19.2 Å². The highest BCUT2D eigenvalue weighted by Crippen LogP contribution is 2.28. The number of hydrogen-bond donors (Lipinski definition) is 2. The molecule has 9 nitrogen and oxygen atoms in total. The Morgan fingerprint density at radius 2 is 1.95 bits per heavy atom. The van der Waals surface area contributed by atoms with Crippen LogP contribution in [0.15, 0.2) is 18.2 Å². The zero-order chi connectivity index (χ0) is 14.3. The number of nitro groups is 2. The molecule has 0 aromatic heterocycles. The average Bonchev–Trinajstić information content (AvgIpc) is 2.38. The molecule has 9 heteroatoms. The molecule has 0 aliphatic carbocycles. The van der Waals surface area contributed by atoms with Crippen molar-refractivity contribution in [2.45, 2.75) is 0 Å². The predicted molar refractivity (Wildman–Crippen MR) is 68.1 cm³/mol. The monoisotopic (exact) mass is 270 g/mol. The maximum Gasteiger partial charge on any atom is 0.299 e. The van der Waals surface area contributed by atoms with Crippen molar-refractivity contribution in [2.75, 3.05) is 31.6 Å². The van der Waals surface area contributed by atoms with Crippen LogP contribution in [0.2, 0.25) is 0 Å². The van der Waals surface area contributed by atoms with Gasteiger partial charge in [-0.2, -0.15) is 0 Å². The van der Waals surface area contributed by atoms with Crippen molar-refractivity contribution in [3.63, 3.8) is 0 Å². The summed E-state index contributed by atoms with van der Waals surface area (Å²) in [5, 5.41) is 24.2. The Hall–Kier alpha value is -2.26. The number of benzene rings is 1. The van der Waals surface area contributed by atoms with Gasteiger partial charge in [0.15, 0.2) is 0 Å². The quantitative estimate of drug-likeness (QED) is 0.407. The average molecular weight is 270 g/mol. The van der Waals surface area contributed by atoms with Gasteiger partial charge in [0.25, 0.3) is 11.4 Å². The maximum absolute atomic E-state index is 10.8. The standard InChI is InChI=1S/C10H14N4O5/c11-3-5-19-6-4-12-9-2-1-8(13(15)16)7-10(9)14(17)18/h1-2,7,12H,3-6,11H2. The second-order valence-corrected chi connectivity index (χ2v) is 3.54. The molecule has 0 saturated carbocycles. The third-order valence-corrected chi connectivity index (χ3v) is 2.21. The summed E-state index contributed by atoms with van der Waals surface area (Å²) in [6, 6.07) is 3.43. The Balaban J connectivity index is 2.71. The first-order valence-corrected chi connectivity index (χ1v) is 5.50. The molecule has 0 heterocycles. The van der Waals surface area contributed by atoms with Gasteiger partial charge in [-0.25, -0.2) is 0 Å². The fourth-order valence-corrected chi connectivity index (χ4v) is 1.38. The van der Waals surface area contributed by atoms with Crippen LogP contribution in [0, 0.1) is 20.2 Å². The molecule has 1 aromatic rings. The minimum absolute atomic E-state index is 0.215. The molecule has 0 spiro atoms. The van der Waals surface area contributed by atoms with Crippen LogP contribution in [-0.2, 0) is 4.74 Å². The van der Waals surface area contributed by atoms with Gasteiger partial charge in [-0.3, -0.25) is 20.2 Å². The fourth-order valence-electron chi connectivity index (χ4n) is 1.38. The molecule has 104 valence electrons. The molecule has 0 bridgehead atoms. The highest BCUT2D eigenvalue weighted by molar-refractivity contribution is 5.65. The van der Waals surface area contributed by atoms with Crippen molar-refractivity contribution in [3.8, 4) is 0 Å². The molecule has 0 aliphatic heterocycles. The first-order chi connectivity index (χ1) is 9.06. The van der Waals surface area contributed by atoms with E-state index in [1.807, 2.05) is 0 Å². The van der Waals surface area contributed by atoms with Gasteiger partial charge in [0.2, 0.25) is 0 Å². The second-order valence-electron chi connectivity index (χ2n) is 3.54. The summed E-state index contributed by atoms with van der Waals surface area (Å²) in [6.45, 7) is 1.49. The van der Waals surface area contributed by atoms with Crippen LogP contribution < -0.4 is 11.1 Å². The highest BCUT2D eigenvalue weighted by Gasteiger charge is 2.18. The van der Waals surface area contributed by atoms with Crippen molar-refractivity contribution >= 4 is 17.1 Å². The zero-order valence-electron chi connectivity index (χ0n) is 10.1. The molecule has 0 amide bonds. The Labute approximate surface area is 108 Å². The second kappa shape index (κ2) is 7.24. The summed E-state index contributed by atoms with van der Waals surface area (Å²) >= 11 is 0. The van der Waals surface area contributed by atoms with E-state index in [4.69, 9.17) is 10.5 Å². The van der Waals surface area contributed by atoms with Crippen molar-refractivity contribution in [1.29, 1.82) is 0 Å². The minimum atomic E-state index is -0.679. The molecule has 0 fully saturated rings. The molecule has 1 aromatic carbocycles. The van der Waals surface area contributed by atoms with E-state index >= 15 is 0 Å². The molecular formula is C10H14N4O5. The van der Waals surface area contributed by atoms with E-state index in [-0.39, 0.29) is 17.1 Å². The van der Waals surface area contributed by atoms with E-state index in [9.17, 15) is 20.2 Å². The van der Waals surface area contributed by atoms with Crippen LogP contribution in [0.1, 0.15) is 0 Å². The van der Waals surface area contributed by atoms with Crippen LogP contribution in [0.25, 0.3) is 0 Å². The number of nitrogens with zero attached hydrogens (tertiary/aromatic N) is 2. The van der Waals surface area contributed by atoms with E-state index in [0.717, 1.165) is 6.07 Å². The maximum atomic E-state index is 10.8. The Morgan fingerprint density at radius 1 is 1.21 bits per heavy atom. The number of non-ortho nitro benzene ring substituents is 1. The lowest BCUT2D eigenvalue weighted by Gasteiger charge is -2.07. The Bertz CT molecular complexity index is 465. The van der Waals surface area contributed by atoms with Gasteiger partial charge >= 0.3 is 0 Å². The smallest absolute Gasteiger partial charge is 0.299 e. The lowest BCUT2D eigenvalue weighted by molar-refractivity contribution is -0.393. The zero-order valence-corrected chi connectivity index (χ0v) is 10.1. The van der Waals surface area contributed by atoms with Crippen molar-refractivity contribution in [2.24, 2.45) is 5.73 Å². The molecular weight excluding hydrogens is 256 g/mol. The molecule has 0 atom stereocenters. The Kier molecular flexibility index (Phi) is 5.64. The number of nitrogens with one attached hydrogen (secondary N) is 1. The van der Waals surface area contributed by atoms with Gasteiger partial charge in [-0.1, -0.05) is 0 Å². The molecule has 0 saturated heterocycles. The molecule has 3 N–H and O–H groups in total. The summed E-state index contributed by atoms with van der Waals surface area (Å²) < 4.78 is 5.10. The largest absolute Gasteiger partial charge is 0.378 e. The van der Waals surface area contributed by atoms with E-state index < -0.39 is 9.85 Å². The molecule has 0 aliphatic rings. The van der Waals surface area contributed by atoms with Gasteiger partial charge in [-0.05, 0) is 6.07 Å². The molecule has 0 radical (unpaired) electrons. The normalized spacial score (nSPS) is 10.2. The van der Waals surface area contributed by atoms with E-state index in [0.29, 0.717) is 26.3 Å². The van der Waals surface area contributed by atoms with E-state index in [1.54, 1.807) is 0 Å². The van der Waals surface area contributed by atoms with Crippen LogP contribution in [0.3, 0.4) is 0 Å². The van der Waals surface area contributed by atoms with Crippen LogP contribution in [-0.4, -0.2) is 36.1 Å². The van der Waals surface area contributed by atoms with Crippen molar-refractivity contribution < 1.29 is 14.6 Å². The van der Waals surface area contributed by atoms with E-state index in [1.165, 1.54) is 12.1 Å². The van der Waals surface area contributed by atoms with Gasteiger partial charge in [-0.15, -0.1) is 0 Å².